The second-order valence-electron chi connectivity index (χ2n) is 4.76. The van der Waals surface area contributed by atoms with Gasteiger partial charge in [-0.25, -0.2) is 0 Å². The number of aromatic nitrogens is 1. The van der Waals surface area contributed by atoms with Crippen LogP contribution in [0.3, 0.4) is 0 Å². The predicted molar refractivity (Wildman–Crippen MR) is 64.0 cm³/mol. The molecule has 0 radical (unpaired) electrons. The van der Waals surface area contributed by atoms with Gasteiger partial charge in [0.05, 0.1) is 0 Å². The van der Waals surface area contributed by atoms with Crippen molar-refractivity contribution in [3.8, 4) is 0 Å². The number of aryl methyl sites for hydroxylation is 1. The lowest BCUT2D eigenvalue weighted by Crippen LogP contribution is -2.15. The van der Waals surface area contributed by atoms with Crippen molar-refractivity contribution in [3.63, 3.8) is 0 Å². The number of rotatable bonds is 3. The molecule has 2 rings (SSSR count). The molecule has 0 saturated heterocycles. The highest BCUT2D eigenvalue weighted by Crippen LogP contribution is 2.33. The minimum Gasteiger partial charge on any atom is -0.350 e. The second kappa shape index (κ2) is 4.84. The molecule has 0 spiro atoms. The van der Waals surface area contributed by atoms with Gasteiger partial charge in [-0.1, -0.05) is 19.3 Å². The van der Waals surface area contributed by atoms with Crippen LogP contribution in [-0.2, 0) is 6.54 Å². The topological polar surface area (TPSA) is 30.9 Å². The quantitative estimate of drug-likeness (QED) is 0.810. The predicted octanol–water partition coefficient (Wildman–Crippen LogP) is 2.80. The molecule has 1 fully saturated rings. The fourth-order valence-electron chi connectivity index (χ4n) is 2.76. The average molecular weight is 206 g/mol. The first-order chi connectivity index (χ1) is 7.31. The van der Waals surface area contributed by atoms with Crippen molar-refractivity contribution in [1.29, 1.82) is 0 Å². The van der Waals surface area contributed by atoms with Gasteiger partial charge in [-0.2, -0.15) is 0 Å². The van der Waals surface area contributed by atoms with E-state index in [1.807, 2.05) is 0 Å². The molecule has 0 amide bonds. The highest BCUT2D eigenvalue weighted by atomic mass is 15.0. The Labute approximate surface area is 92.5 Å². The highest BCUT2D eigenvalue weighted by Gasteiger charge is 2.18. The summed E-state index contributed by atoms with van der Waals surface area (Å²) >= 11 is 0. The van der Waals surface area contributed by atoms with Crippen LogP contribution >= 0.6 is 0 Å². The summed E-state index contributed by atoms with van der Waals surface area (Å²) < 4.78 is 2.37. The largest absolute Gasteiger partial charge is 0.350 e. The lowest BCUT2D eigenvalue weighted by molar-refractivity contribution is 0.424. The lowest BCUT2D eigenvalue weighted by Gasteiger charge is -2.23. The zero-order valence-corrected chi connectivity index (χ0v) is 9.71. The molecule has 1 aromatic rings. The van der Waals surface area contributed by atoms with Crippen molar-refractivity contribution in [2.24, 2.45) is 5.73 Å². The molecule has 15 heavy (non-hydrogen) atoms. The van der Waals surface area contributed by atoms with Gasteiger partial charge >= 0.3 is 0 Å². The summed E-state index contributed by atoms with van der Waals surface area (Å²) in [4.78, 5) is 0. The molecule has 1 saturated carbocycles. The van der Waals surface area contributed by atoms with E-state index in [0.717, 1.165) is 19.0 Å². The first kappa shape index (κ1) is 10.7. The summed E-state index contributed by atoms with van der Waals surface area (Å²) in [5.74, 6) is 0.791. The fourth-order valence-corrected chi connectivity index (χ4v) is 2.76. The molecular weight excluding hydrogens is 184 g/mol. The van der Waals surface area contributed by atoms with Gasteiger partial charge in [-0.05, 0) is 37.3 Å². The van der Waals surface area contributed by atoms with Crippen LogP contribution in [0.1, 0.15) is 49.3 Å². The Hall–Kier alpha value is -0.760. The van der Waals surface area contributed by atoms with Gasteiger partial charge in [0.15, 0.2) is 0 Å². The maximum absolute atomic E-state index is 5.65. The molecule has 1 aliphatic carbocycles. The molecule has 84 valence electrons. The van der Waals surface area contributed by atoms with Crippen LogP contribution in [0.2, 0.25) is 0 Å². The Kier molecular flexibility index (Phi) is 3.47. The van der Waals surface area contributed by atoms with Gasteiger partial charge in [-0.15, -0.1) is 0 Å². The first-order valence-corrected chi connectivity index (χ1v) is 6.18. The van der Waals surface area contributed by atoms with Crippen LogP contribution in [0, 0.1) is 6.92 Å². The van der Waals surface area contributed by atoms with Crippen molar-refractivity contribution in [2.45, 2.75) is 51.5 Å². The Bertz CT molecular complexity index is 308. The van der Waals surface area contributed by atoms with E-state index >= 15 is 0 Å². The molecule has 0 aliphatic heterocycles. The van der Waals surface area contributed by atoms with Crippen LogP contribution < -0.4 is 5.73 Å². The molecule has 2 heteroatoms. The Morgan fingerprint density at radius 2 is 2.07 bits per heavy atom. The molecule has 2 nitrogen and oxygen atoms in total. The van der Waals surface area contributed by atoms with E-state index in [1.54, 1.807) is 0 Å². The normalized spacial score (nSPS) is 18.3. The van der Waals surface area contributed by atoms with Gasteiger partial charge in [0, 0.05) is 25.0 Å². The molecule has 1 aliphatic rings. The Morgan fingerprint density at radius 1 is 1.33 bits per heavy atom. The Balaban J connectivity index is 2.17. The number of hydrogen-bond acceptors (Lipinski definition) is 1. The molecule has 0 atom stereocenters. The maximum Gasteiger partial charge on any atom is 0.0345 e. The van der Waals surface area contributed by atoms with Gasteiger partial charge in [-0.3, -0.25) is 0 Å². The van der Waals surface area contributed by atoms with E-state index in [1.165, 1.54) is 43.4 Å². The third kappa shape index (κ3) is 2.43. The number of nitrogens with two attached hydrogens (primary N) is 1. The van der Waals surface area contributed by atoms with E-state index in [9.17, 15) is 0 Å². The minimum absolute atomic E-state index is 0.744. The summed E-state index contributed by atoms with van der Waals surface area (Å²) in [5, 5.41) is 0. The zero-order chi connectivity index (χ0) is 10.7. The van der Waals surface area contributed by atoms with E-state index < -0.39 is 0 Å². The molecular formula is C13H22N2. The van der Waals surface area contributed by atoms with Crippen LogP contribution in [0.25, 0.3) is 0 Å². The van der Waals surface area contributed by atoms with Crippen LogP contribution in [0.15, 0.2) is 12.3 Å². The SMILES string of the molecule is Cc1cc(C2CCCCC2)n(CCN)c1. The molecule has 0 aromatic carbocycles. The Morgan fingerprint density at radius 3 is 2.73 bits per heavy atom. The lowest BCUT2D eigenvalue weighted by atomic mass is 9.87. The minimum atomic E-state index is 0.744. The first-order valence-electron chi connectivity index (χ1n) is 6.18. The number of hydrogen-bond donors (Lipinski definition) is 1. The summed E-state index contributed by atoms with van der Waals surface area (Å²) in [6.45, 7) is 3.90. The molecule has 1 heterocycles. The molecule has 2 N–H and O–H groups in total. The summed E-state index contributed by atoms with van der Waals surface area (Å²) in [7, 11) is 0. The fraction of sp³-hybridized carbons (Fsp3) is 0.692. The van der Waals surface area contributed by atoms with Crippen LogP contribution in [0.5, 0.6) is 0 Å². The van der Waals surface area contributed by atoms with Crippen molar-refractivity contribution >= 4 is 0 Å². The van der Waals surface area contributed by atoms with E-state index in [2.05, 4.69) is 23.8 Å². The van der Waals surface area contributed by atoms with Gasteiger partial charge in [0.1, 0.15) is 0 Å². The van der Waals surface area contributed by atoms with Crippen molar-refractivity contribution in [2.75, 3.05) is 6.54 Å². The third-order valence-corrected chi connectivity index (χ3v) is 3.46. The molecule has 0 unspecified atom stereocenters. The van der Waals surface area contributed by atoms with E-state index in [-0.39, 0.29) is 0 Å². The van der Waals surface area contributed by atoms with Gasteiger partial charge < -0.3 is 10.3 Å². The van der Waals surface area contributed by atoms with Gasteiger partial charge in [0.25, 0.3) is 0 Å². The summed E-state index contributed by atoms with van der Waals surface area (Å²) in [6, 6.07) is 2.35. The van der Waals surface area contributed by atoms with Crippen LogP contribution in [0.4, 0.5) is 0 Å². The van der Waals surface area contributed by atoms with E-state index in [0.29, 0.717) is 0 Å². The van der Waals surface area contributed by atoms with Crippen molar-refractivity contribution in [1.82, 2.24) is 4.57 Å². The summed E-state index contributed by atoms with van der Waals surface area (Å²) in [5.41, 5.74) is 8.55. The monoisotopic (exact) mass is 206 g/mol. The van der Waals surface area contributed by atoms with Crippen LogP contribution in [-0.4, -0.2) is 11.1 Å². The van der Waals surface area contributed by atoms with E-state index in [4.69, 9.17) is 5.73 Å². The van der Waals surface area contributed by atoms with Crippen molar-refractivity contribution in [3.05, 3.63) is 23.5 Å². The zero-order valence-electron chi connectivity index (χ0n) is 9.71. The maximum atomic E-state index is 5.65. The molecule has 0 bridgehead atoms. The average Bonchev–Trinajstić information content (AvgIpc) is 2.62. The molecule has 1 aromatic heterocycles. The smallest absolute Gasteiger partial charge is 0.0345 e. The standard InChI is InChI=1S/C13H22N2/c1-11-9-13(15(10-11)8-7-14)12-5-3-2-4-6-12/h9-10,12H,2-8,14H2,1H3. The highest BCUT2D eigenvalue weighted by molar-refractivity contribution is 5.21. The van der Waals surface area contributed by atoms with Gasteiger partial charge in [0.2, 0.25) is 0 Å². The third-order valence-electron chi connectivity index (χ3n) is 3.46. The second-order valence-corrected chi connectivity index (χ2v) is 4.76. The van der Waals surface area contributed by atoms with Crippen molar-refractivity contribution < 1.29 is 0 Å². The number of nitrogens with zero attached hydrogens (tertiary/aromatic N) is 1. The summed E-state index contributed by atoms with van der Waals surface area (Å²) in [6.07, 6.45) is 9.21.